The third-order valence-electron chi connectivity index (χ3n) is 5.03. The molecule has 32 heavy (non-hydrogen) atoms. The first-order valence-electron chi connectivity index (χ1n) is 10.1. The Morgan fingerprint density at radius 1 is 0.906 bits per heavy atom. The molecule has 0 amide bonds. The second-order valence-corrected chi connectivity index (χ2v) is 8.17. The number of amidine groups is 2. The lowest BCUT2D eigenvalue weighted by atomic mass is 10.2. The number of imidazole rings is 1. The number of nitrogens with zero attached hydrogens (tertiary/aromatic N) is 2. The molecule has 1 heterocycles. The van der Waals surface area contributed by atoms with Gasteiger partial charge in [-0.2, -0.15) is 0 Å². The van der Waals surface area contributed by atoms with E-state index in [2.05, 4.69) is 11.5 Å². The zero-order chi connectivity index (χ0) is 22.7. The average Bonchev–Trinajstić information content (AvgIpc) is 3.15. The summed E-state index contributed by atoms with van der Waals surface area (Å²) in [6, 6.07) is 20.8. The van der Waals surface area contributed by atoms with E-state index in [4.69, 9.17) is 32.0 Å². The van der Waals surface area contributed by atoms with Gasteiger partial charge in [0.25, 0.3) is 0 Å². The molecule has 0 spiro atoms. The minimum Gasteiger partial charge on any atom is -0.457 e. The Kier molecular flexibility index (Phi) is 6.13. The van der Waals surface area contributed by atoms with E-state index in [1.54, 1.807) is 36.0 Å². The fourth-order valence-electron chi connectivity index (χ4n) is 3.33. The molecule has 0 fully saturated rings. The van der Waals surface area contributed by atoms with Crippen LogP contribution >= 0.6 is 11.8 Å². The standard InChI is InChI=1S/C24H24N6OS/c1-2-30-21-12-7-17(23(27)28)13-20(21)29-24(30)32-14-15-3-8-18(9-4-15)31-19-10-5-16(6-11-19)22(25)26/h3-13H,2,14H2,1H3,(H3,25,26)(H3,27,28). The lowest BCUT2D eigenvalue weighted by Crippen LogP contribution is -2.10. The van der Waals surface area contributed by atoms with Gasteiger partial charge in [-0.05, 0) is 67.1 Å². The largest absolute Gasteiger partial charge is 0.457 e. The SMILES string of the molecule is CCn1c(SCc2ccc(Oc3ccc(C(=N)N)cc3)cc2)nc2cc(C(=N)N)ccc21. The van der Waals surface area contributed by atoms with Crippen molar-refractivity contribution in [1.82, 2.24) is 9.55 Å². The van der Waals surface area contributed by atoms with Gasteiger partial charge in [-0.3, -0.25) is 10.8 Å². The maximum atomic E-state index is 7.64. The first kappa shape index (κ1) is 21.5. The minimum absolute atomic E-state index is 0.0364. The average molecular weight is 445 g/mol. The number of nitrogens with one attached hydrogen (secondary N) is 2. The summed E-state index contributed by atoms with van der Waals surface area (Å²) in [5.41, 5.74) is 15.5. The van der Waals surface area contributed by atoms with E-state index in [1.165, 1.54) is 0 Å². The number of nitrogens with two attached hydrogens (primary N) is 2. The number of ether oxygens (including phenoxy) is 1. The molecule has 0 saturated carbocycles. The summed E-state index contributed by atoms with van der Waals surface area (Å²) in [5, 5.41) is 16.0. The number of thioether (sulfide) groups is 1. The molecular formula is C24H24N6OS. The van der Waals surface area contributed by atoms with Gasteiger partial charge in [0.2, 0.25) is 0 Å². The number of aromatic nitrogens is 2. The van der Waals surface area contributed by atoms with Crippen LogP contribution in [0.5, 0.6) is 11.5 Å². The van der Waals surface area contributed by atoms with Crippen LogP contribution in [0.1, 0.15) is 23.6 Å². The van der Waals surface area contributed by atoms with Crippen LogP contribution in [0.2, 0.25) is 0 Å². The van der Waals surface area contributed by atoms with Gasteiger partial charge >= 0.3 is 0 Å². The van der Waals surface area contributed by atoms with Crippen molar-refractivity contribution < 1.29 is 4.74 Å². The van der Waals surface area contributed by atoms with Crippen molar-refractivity contribution in [2.75, 3.05) is 0 Å². The molecule has 0 unspecified atom stereocenters. The van der Waals surface area contributed by atoms with E-state index < -0.39 is 0 Å². The van der Waals surface area contributed by atoms with E-state index in [0.717, 1.165) is 39.8 Å². The maximum Gasteiger partial charge on any atom is 0.169 e. The van der Waals surface area contributed by atoms with Crippen LogP contribution in [0, 0.1) is 10.8 Å². The molecule has 0 aliphatic heterocycles. The molecule has 0 atom stereocenters. The molecule has 0 radical (unpaired) electrons. The molecule has 1 aromatic heterocycles. The van der Waals surface area contributed by atoms with Crippen molar-refractivity contribution in [2.45, 2.75) is 24.4 Å². The number of aryl methyl sites for hydroxylation is 1. The molecule has 0 bridgehead atoms. The third-order valence-corrected chi connectivity index (χ3v) is 6.08. The van der Waals surface area contributed by atoms with E-state index in [1.807, 2.05) is 42.5 Å². The summed E-state index contributed by atoms with van der Waals surface area (Å²) < 4.78 is 8.05. The van der Waals surface area contributed by atoms with Crippen LogP contribution in [0.3, 0.4) is 0 Å². The van der Waals surface area contributed by atoms with Gasteiger partial charge < -0.3 is 20.8 Å². The highest BCUT2D eigenvalue weighted by Crippen LogP contribution is 2.29. The van der Waals surface area contributed by atoms with Gasteiger partial charge in [-0.15, -0.1) is 0 Å². The maximum absolute atomic E-state index is 7.64. The summed E-state index contributed by atoms with van der Waals surface area (Å²) in [6.07, 6.45) is 0. The quantitative estimate of drug-likeness (QED) is 0.178. The molecule has 0 saturated heterocycles. The van der Waals surface area contributed by atoms with Gasteiger partial charge in [0.1, 0.15) is 23.2 Å². The minimum atomic E-state index is 0.0364. The number of benzene rings is 3. The van der Waals surface area contributed by atoms with Crippen molar-refractivity contribution in [1.29, 1.82) is 10.8 Å². The predicted molar refractivity (Wildman–Crippen MR) is 130 cm³/mol. The monoisotopic (exact) mass is 444 g/mol. The molecule has 6 N–H and O–H groups in total. The molecule has 8 heteroatoms. The van der Waals surface area contributed by atoms with Crippen molar-refractivity contribution in [3.63, 3.8) is 0 Å². The van der Waals surface area contributed by atoms with Gasteiger partial charge in [0, 0.05) is 23.4 Å². The number of hydrogen-bond donors (Lipinski definition) is 4. The van der Waals surface area contributed by atoms with Crippen molar-refractivity contribution in [2.24, 2.45) is 11.5 Å². The van der Waals surface area contributed by atoms with E-state index in [9.17, 15) is 0 Å². The fraction of sp³-hybridized carbons (Fsp3) is 0.125. The Labute approximate surface area is 190 Å². The molecule has 4 rings (SSSR count). The van der Waals surface area contributed by atoms with Crippen LogP contribution in [0.4, 0.5) is 0 Å². The molecule has 4 aromatic rings. The van der Waals surface area contributed by atoms with Crippen LogP contribution < -0.4 is 16.2 Å². The van der Waals surface area contributed by atoms with E-state index >= 15 is 0 Å². The van der Waals surface area contributed by atoms with Gasteiger partial charge in [-0.1, -0.05) is 23.9 Å². The lowest BCUT2D eigenvalue weighted by Gasteiger charge is -2.08. The third kappa shape index (κ3) is 4.60. The van der Waals surface area contributed by atoms with Crippen LogP contribution in [0.15, 0.2) is 71.9 Å². The normalized spacial score (nSPS) is 10.9. The van der Waals surface area contributed by atoms with Crippen LogP contribution in [-0.2, 0) is 12.3 Å². The number of fused-ring (bicyclic) bond motifs is 1. The number of nitrogen functional groups attached to an aromatic ring is 2. The van der Waals surface area contributed by atoms with Crippen molar-refractivity contribution >= 4 is 34.5 Å². The molecule has 0 aliphatic rings. The summed E-state index contributed by atoms with van der Waals surface area (Å²) in [5.74, 6) is 2.29. The van der Waals surface area contributed by atoms with Gasteiger partial charge in [0.05, 0.1) is 11.0 Å². The fourth-order valence-corrected chi connectivity index (χ4v) is 4.37. The Morgan fingerprint density at radius 2 is 1.50 bits per heavy atom. The second-order valence-electron chi connectivity index (χ2n) is 7.23. The zero-order valence-corrected chi connectivity index (χ0v) is 18.4. The first-order chi connectivity index (χ1) is 15.4. The van der Waals surface area contributed by atoms with Crippen LogP contribution in [-0.4, -0.2) is 21.2 Å². The summed E-state index contributed by atoms with van der Waals surface area (Å²) in [4.78, 5) is 4.76. The Bertz CT molecular complexity index is 1280. The Morgan fingerprint density at radius 3 is 2.09 bits per heavy atom. The summed E-state index contributed by atoms with van der Waals surface area (Å²) in [7, 11) is 0. The van der Waals surface area contributed by atoms with Crippen molar-refractivity contribution in [3.05, 3.63) is 83.4 Å². The highest BCUT2D eigenvalue weighted by Gasteiger charge is 2.12. The highest BCUT2D eigenvalue weighted by molar-refractivity contribution is 7.98. The highest BCUT2D eigenvalue weighted by atomic mass is 32.2. The molecule has 0 aliphatic carbocycles. The van der Waals surface area contributed by atoms with Gasteiger partial charge in [-0.25, -0.2) is 4.98 Å². The second kappa shape index (κ2) is 9.15. The van der Waals surface area contributed by atoms with Crippen molar-refractivity contribution in [3.8, 4) is 11.5 Å². The molecular weight excluding hydrogens is 420 g/mol. The van der Waals surface area contributed by atoms with Crippen LogP contribution in [0.25, 0.3) is 11.0 Å². The summed E-state index contributed by atoms with van der Waals surface area (Å²) in [6.45, 7) is 2.91. The number of rotatable bonds is 8. The van der Waals surface area contributed by atoms with E-state index in [-0.39, 0.29) is 11.7 Å². The topological polar surface area (TPSA) is 127 Å². The van der Waals surface area contributed by atoms with E-state index in [0.29, 0.717) is 16.9 Å². The van der Waals surface area contributed by atoms with Gasteiger partial charge in [0.15, 0.2) is 5.16 Å². The lowest BCUT2D eigenvalue weighted by molar-refractivity contribution is 0.482. The smallest absolute Gasteiger partial charge is 0.169 e. The number of hydrogen-bond acceptors (Lipinski definition) is 5. The Hall–Kier alpha value is -3.78. The predicted octanol–water partition coefficient (Wildman–Crippen LogP) is 4.71. The first-order valence-corrected chi connectivity index (χ1v) is 11.1. The molecule has 7 nitrogen and oxygen atoms in total. The summed E-state index contributed by atoms with van der Waals surface area (Å²) >= 11 is 1.67. The molecule has 3 aromatic carbocycles. The zero-order valence-electron chi connectivity index (χ0n) is 17.6. The Balaban J connectivity index is 1.44. The molecule has 162 valence electrons.